The maximum atomic E-state index is 12.9. The molecule has 2 fully saturated rings. The molecule has 2 heterocycles. The smallest absolute Gasteiger partial charge is 0.328 e. The first kappa shape index (κ1) is 46.3. The minimum absolute atomic E-state index is 0.0414. The van der Waals surface area contributed by atoms with Crippen molar-refractivity contribution in [3.8, 4) is 0 Å². The first-order chi connectivity index (χ1) is 27.7. The van der Waals surface area contributed by atoms with Crippen LogP contribution in [0.25, 0.3) is 0 Å². The molecule has 4 aromatic carbocycles. The van der Waals surface area contributed by atoms with Crippen molar-refractivity contribution in [2.45, 2.75) is 69.1 Å². The van der Waals surface area contributed by atoms with E-state index in [1.165, 1.54) is 49.2 Å². The number of hydrogen-bond acceptors (Lipinski definition) is 7. The average molecular weight is 836 g/mol. The van der Waals surface area contributed by atoms with Gasteiger partial charge in [-0.3, -0.25) is 4.79 Å². The quantitative estimate of drug-likeness (QED) is 0.0842. The molecule has 58 heavy (non-hydrogen) atoms. The average Bonchev–Trinajstić information content (AvgIpc) is 3.63. The molecular weight excluding hydrogens is 782 g/mol. The molecule has 2 unspecified atom stereocenters. The summed E-state index contributed by atoms with van der Waals surface area (Å²) < 4.78 is 19.4. The molecule has 6 rings (SSSR count). The molecule has 3 N–H and O–H groups in total. The highest BCUT2D eigenvalue weighted by molar-refractivity contribution is 6.30. The van der Waals surface area contributed by atoms with Gasteiger partial charge < -0.3 is 29.9 Å². The molecule has 4 aromatic rings. The number of benzene rings is 4. The summed E-state index contributed by atoms with van der Waals surface area (Å²) in [5.74, 6) is -2.80. The second kappa shape index (κ2) is 22.7. The number of likely N-dealkylation sites (tertiary alicyclic amines) is 2. The van der Waals surface area contributed by atoms with Crippen LogP contribution < -0.4 is 0 Å². The topological polar surface area (TPSA) is 128 Å². The van der Waals surface area contributed by atoms with E-state index in [4.69, 9.17) is 38.2 Å². The molecule has 0 aliphatic carbocycles. The minimum atomic E-state index is -1.26. The fourth-order valence-electron chi connectivity index (χ4n) is 7.18. The Hall–Kier alpha value is -4.42. The lowest BCUT2D eigenvalue weighted by Gasteiger charge is -2.38. The van der Waals surface area contributed by atoms with Crippen LogP contribution in [0.4, 0.5) is 4.39 Å². The summed E-state index contributed by atoms with van der Waals surface area (Å²) in [7, 11) is 2.22. The van der Waals surface area contributed by atoms with E-state index < -0.39 is 23.1 Å². The Morgan fingerprint density at radius 1 is 0.828 bits per heavy atom. The number of ketones is 1. The summed E-state index contributed by atoms with van der Waals surface area (Å²) in [6.07, 6.45) is 7.31. The zero-order chi connectivity index (χ0) is 42.1. The lowest BCUT2D eigenvalue weighted by Crippen LogP contribution is -2.42. The second-order valence-electron chi connectivity index (χ2n) is 14.7. The van der Waals surface area contributed by atoms with E-state index in [0.717, 1.165) is 55.2 Å². The van der Waals surface area contributed by atoms with E-state index in [-0.39, 0.29) is 11.6 Å². The van der Waals surface area contributed by atoms with Gasteiger partial charge in [-0.15, -0.1) is 0 Å². The molecule has 2 aliphatic rings. The van der Waals surface area contributed by atoms with Gasteiger partial charge in [0.1, 0.15) is 11.4 Å². The monoisotopic (exact) mass is 834 g/mol. The number of nitrogens with zero attached hydrogens (tertiary/aromatic N) is 2. The van der Waals surface area contributed by atoms with Crippen molar-refractivity contribution in [3.05, 3.63) is 153 Å². The van der Waals surface area contributed by atoms with Crippen LogP contribution in [0, 0.1) is 5.82 Å². The Labute approximate surface area is 350 Å². The fraction of sp³-hybridized carbons (Fsp3) is 0.370. The Morgan fingerprint density at radius 3 is 1.91 bits per heavy atom. The number of piperidine rings is 1. The van der Waals surface area contributed by atoms with Crippen LogP contribution in [-0.4, -0.2) is 88.7 Å². The summed E-state index contributed by atoms with van der Waals surface area (Å²) in [6, 6.07) is 32.2. The van der Waals surface area contributed by atoms with Crippen LogP contribution in [0.3, 0.4) is 0 Å². The maximum absolute atomic E-state index is 12.9. The fourth-order valence-corrected chi connectivity index (χ4v) is 7.43. The number of carbonyl (C=O) groups excluding carboxylic acids is 1. The Morgan fingerprint density at radius 2 is 1.38 bits per heavy atom. The van der Waals surface area contributed by atoms with E-state index in [0.29, 0.717) is 48.0 Å². The van der Waals surface area contributed by atoms with Crippen LogP contribution in [0.1, 0.15) is 78.9 Å². The summed E-state index contributed by atoms with van der Waals surface area (Å²) in [5, 5.41) is 27.9. The van der Waals surface area contributed by atoms with Crippen LogP contribution in [0.15, 0.2) is 115 Å². The first-order valence-corrected chi connectivity index (χ1v) is 20.2. The standard InChI is InChI=1S/C21H23ClFNO2.C21H26ClNO.C4H4O4/c22-18-7-5-17(6-8-18)21(26)11-14-24(15-12-21)13-1-2-20(25)16-3-9-19(23)10-4-16;1-21(17-7-4-3-5-8-17,18-10-12-19(22)13-11-18)24-16-14-20-9-6-15-23(20)2;5-3(6)1-2-4(7)8/h3-10,26H,1-2,11-15H2;3-5,7-8,10-13,20H,6,9,14-16H2,1-2H3;1-2H,(H,5,6)(H,7,8). The van der Waals surface area contributed by atoms with Crippen LogP contribution in [-0.2, 0) is 25.5 Å². The highest BCUT2D eigenvalue weighted by atomic mass is 35.5. The van der Waals surface area contributed by atoms with Gasteiger partial charge in [0.05, 0.1) is 5.60 Å². The molecule has 2 saturated heterocycles. The Bertz CT molecular complexity index is 1900. The minimum Gasteiger partial charge on any atom is -0.478 e. The van der Waals surface area contributed by atoms with E-state index in [1.54, 1.807) is 0 Å². The summed E-state index contributed by atoms with van der Waals surface area (Å²) in [5.41, 5.74) is 2.52. The molecule has 0 saturated carbocycles. The number of aliphatic hydroxyl groups is 1. The van der Waals surface area contributed by atoms with Crippen LogP contribution >= 0.6 is 23.2 Å². The molecule has 2 aliphatic heterocycles. The largest absolute Gasteiger partial charge is 0.478 e. The van der Waals surface area contributed by atoms with Crippen molar-refractivity contribution < 1.29 is 38.8 Å². The highest BCUT2D eigenvalue weighted by Gasteiger charge is 2.34. The molecule has 0 spiro atoms. The third-order valence-corrected chi connectivity index (χ3v) is 11.2. The molecule has 0 bridgehead atoms. The third-order valence-electron chi connectivity index (χ3n) is 10.7. The van der Waals surface area contributed by atoms with Crippen molar-refractivity contribution in [2.75, 3.05) is 39.8 Å². The van der Waals surface area contributed by atoms with E-state index in [9.17, 15) is 23.9 Å². The predicted molar refractivity (Wildman–Crippen MR) is 226 cm³/mol. The molecule has 310 valence electrons. The number of Topliss-reactive ketones (excluding diaryl/α,β-unsaturated/α-hetero) is 1. The number of ether oxygens (including phenoxy) is 1. The van der Waals surface area contributed by atoms with Crippen molar-refractivity contribution in [1.82, 2.24) is 9.80 Å². The molecule has 0 aromatic heterocycles. The van der Waals surface area contributed by atoms with Crippen LogP contribution in [0.5, 0.6) is 0 Å². The molecule has 0 amide bonds. The molecule has 9 nitrogen and oxygen atoms in total. The molecule has 12 heteroatoms. The lowest BCUT2D eigenvalue weighted by atomic mass is 9.84. The van der Waals surface area contributed by atoms with Gasteiger partial charge in [0.25, 0.3) is 0 Å². The SMILES string of the molecule is CN1CCCC1CCOC(C)(c1ccccc1)c1ccc(Cl)cc1.O=C(CCCN1CCC(O)(c2ccc(Cl)cc2)CC1)c1ccc(F)cc1.O=C(O)C=CC(=O)O. The van der Waals surface area contributed by atoms with Crippen molar-refractivity contribution in [3.63, 3.8) is 0 Å². The highest BCUT2D eigenvalue weighted by Crippen LogP contribution is 2.35. The number of hydrogen-bond donors (Lipinski definition) is 3. The van der Waals surface area contributed by atoms with Crippen molar-refractivity contribution >= 4 is 40.9 Å². The van der Waals surface area contributed by atoms with Gasteiger partial charge in [0, 0.05) is 59.9 Å². The number of halogens is 3. The van der Waals surface area contributed by atoms with Gasteiger partial charge in [-0.2, -0.15) is 0 Å². The Balaban J connectivity index is 0.000000217. The lowest BCUT2D eigenvalue weighted by molar-refractivity contribution is -0.134. The molecular formula is C46H53Cl2FN2O7. The summed E-state index contributed by atoms with van der Waals surface area (Å²) >= 11 is 12.0. The number of aliphatic carboxylic acids is 2. The van der Waals surface area contributed by atoms with Crippen molar-refractivity contribution in [1.29, 1.82) is 0 Å². The number of carboxylic acids is 2. The normalized spacial score (nSPS) is 17.7. The number of carboxylic acid groups (broad SMARTS) is 2. The van der Waals surface area contributed by atoms with Crippen LogP contribution in [0.2, 0.25) is 10.0 Å². The second-order valence-corrected chi connectivity index (χ2v) is 15.6. The third kappa shape index (κ3) is 14.4. The van der Waals surface area contributed by atoms with Crippen molar-refractivity contribution in [2.24, 2.45) is 0 Å². The van der Waals surface area contributed by atoms with E-state index >= 15 is 0 Å². The molecule has 2 atom stereocenters. The number of carbonyl (C=O) groups is 3. The zero-order valence-electron chi connectivity index (χ0n) is 33.0. The van der Waals surface area contributed by atoms with Gasteiger partial charge in [0.15, 0.2) is 5.78 Å². The first-order valence-electron chi connectivity index (χ1n) is 19.5. The number of rotatable bonds is 14. The van der Waals surface area contributed by atoms with Gasteiger partial charge in [0.2, 0.25) is 0 Å². The van der Waals surface area contributed by atoms with E-state index in [1.807, 2.05) is 42.5 Å². The summed E-state index contributed by atoms with van der Waals surface area (Å²) in [6.45, 7) is 6.53. The van der Waals surface area contributed by atoms with Gasteiger partial charge in [-0.25, -0.2) is 14.0 Å². The van der Waals surface area contributed by atoms with Gasteiger partial charge in [-0.1, -0.05) is 77.8 Å². The van der Waals surface area contributed by atoms with Gasteiger partial charge in [-0.05, 0) is 131 Å². The molecule has 0 radical (unpaired) electrons. The predicted octanol–water partition coefficient (Wildman–Crippen LogP) is 9.24. The van der Waals surface area contributed by atoms with E-state index in [2.05, 4.69) is 60.2 Å². The Kier molecular flexibility index (Phi) is 18.1. The summed E-state index contributed by atoms with van der Waals surface area (Å²) in [4.78, 5) is 36.0. The zero-order valence-corrected chi connectivity index (χ0v) is 34.5. The van der Waals surface area contributed by atoms with Gasteiger partial charge >= 0.3 is 11.9 Å². The maximum Gasteiger partial charge on any atom is 0.328 e.